The fraction of sp³-hybridized carbons (Fsp3) is 0.667. The van der Waals surface area contributed by atoms with Crippen molar-refractivity contribution in [2.45, 2.75) is 53.6 Å². The lowest BCUT2D eigenvalue weighted by atomic mass is 9.85. The topological polar surface area (TPSA) is 29.9 Å². The first kappa shape index (κ1) is 16.4. The van der Waals surface area contributed by atoms with Gasteiger partial charge in [-0.25, -0.2) is 0 Å². The van der Waals surface area contributed by atoms with Gasteiger partial charge in [0, 0.05) is 31.0 Å². The molecular weight excluding hydrogens is 302 g/mol. The molecule has 0 amide bonds. The molecule has 0 aliphatic heterocycles. The summed E-state index contributed by atoms with van der Waals surface area (Å²) in [5, 5.41) is 8.06. The Labute approximate surface area is 125 Å². The average molecular weight is 328 g/mol. The van der Waals surface area contributed by atoms with Gasteiger partial charge in [0.05, 0.1) is 15.9 Å². The number of hydrogen-bond donors (Lipinski definition) is 1. The van der Waals surface area contributed by atoms with Crippen LogP contribution in [0, 0.1) is 12.3 Å². The lowest BCUT2D eigenvalue weighted by Crippen LogP contribution is -2.36. The maximum Gasteiger partial charge on any atom is 0.0738 e. The molecule has 1 unspecified atom stereocenters. The molecule has 3 nitrogen and oxygen atoms in total. The Bertz CT molecular complexity index is 437. The van der Waals surface area contributed by atoms with Crippen molar-refractivity contribution >= 4 is 15.9 Å². The van der Waals surface area contributed by atoms with Gasteiger partial charge in [-0.15, -0.1) is 6.58 Å². The Balaban J connectivity index is 2.94. The predicted octanol–water partition coefficient (Wildman–Crippen LogP) is 3.71. The van der Waals surface area contributed by atoms with Gasteiger partial charge in [-0.3, -0.25) is 4.68 Å². The second-order valence-corrected chi connectivity index (χ2v) is 6.53. The molecule has 19 heavy (non-hydrogen) atoms. The SMILES string of the molecule is C=CC(C)(CNC(C)C)Cc1c(Br)c(C)nn1CC. The maximum atomic E-state index is 4.56. The molecule has 0 saturated heterocycles. The highest BCUT2D eigenvalue weighted by atomic mass is 79.9. The molecule has 0 spiro atoms. The zero-order chi connectivity index (χ0) is 14.6. The summed E-state index contributed by atoms with van der Waals surface area (Å²) in [5.74, 6) is 0. The summed E-state index contributed by atoms with van der Waals surface area (Å²) in [5.41, 5.74) is 2.35. The highest BCUT2D eigenvalue weighted by Crippen LogP contribution is 2.29. The highest BCUT2D eigenvalue weighted by molar-refractivity contribution is 9.10. The van der Waals surface area contributed by atoms with Gasteiger partial charge in [0.2, 0.25) is 0 Å². The van der Waals surface area contributed by atoms with Crippen molar-refractivity contribution < 1.29 is 0 Å². The standard InChI is InChI=1S/C15H26BrN3/c1-7-15(6,10-17-11(3)4)9-13-14(16)12(5)18-19(13)8-2/h7,11,17H,1,8-10H2,2-6H3. The fourth-order valence-electron chi connectivity index (χ4n) is 2.06. The second-order valence-electron chi connectivity index (χ2n) is 5.73. The minimum Gasteiger partial charge on any atom is -0.314 e. The van der Waals surface area contributed by atoms with E-state index in [4.69, 9.17) is 0 Å². The van der Waals surface area contributed by atoms with Gasteiger partial charge in [-0.1, -0.05) is 26.8 Å². The van der Waals surface area contributed by atoms with Crippen LogP contribution in [0.15, 0.2) is 17.1 Å². The molecule has 1 atom stereocenters. The van der Waals surface area contributed by atoms with Gasteiger partial charge >= 0.3 is 0 Å². The lowest BCUT2D eigenvalue weighted by molar-refractivity contribution is 0.362. The molecule has 0 bridgehead atoms. The second kappa shape index (κ2) is 6.71. The quantitative estimate of drug-likeness (QED) is 0.774. The lowest BCUT2D eigenvalue weighted by Gasteiger charge is -2.28. The van der Waals surface area contributed by atoms with Crippen LogP contribution in [0.1, 0.15) is 39.1 Å². The summed E-state index contributed by atoms with van der Waals surface area (Å²) in [7, 11) is 0. The van der Waals surface area contributed by atoms with E-state index in [9.17, 15) is 0 Å². The molecule has 1 aromatic heterocycles. The number of hydrogen-bond acceptors (Lipinski definition) is 2. The van der Waals surface area contributed by atoms with E-state index in [1.807, 2.05) is 6.92 Å². The van der Waals surface area contributed by atoms with Crippen LogP contribution in [0.2, 0.25) is 0 Å². The molecule has 0 aliphatic rings. The van der Waals surface area contributed by atoms with Crippen molar-refractivity contribution in [3.63, 3.8) is 0 Å². The molecule has 4 heteroatoms. The molecule has 0 aliphatic carbocycles. The van der Waals surface area contributed by atoms with Crippen molar-refractivity contribution in [3.8, 4) is 0 Å². The van der Waals surface area contributed by atoms with Crippen LogP contribution >= 0.6 is 15.9 Å². The van der Waals surface area contributed by atoms with E-state index in [-0.39, 0.29) is 5.41 Å². The summed E-state index contributed by atoms with van der Waals surface area (Å²) in [6.07, 6.45) is 2.99. The van der Waals surface area contributed by atoms with Crippen molar-refractivity contribution in [1.82, 2.24) is 15.1 Å². The normalized spacial score (nSPS) is 14.7. The minimum atomic E-state index is 0.0339. The zero-order valence-electron chi connectivity index (χ0n) is 12.8. The van der Waals surface area contributed by atoms with E-state index in [1.54, 1.807) is 0 Å². The van der Waals surface area contributed by atoms with E-state index >= 15 is 0 Å². The first-order chi connectivity index (χ1) is 8.83. The number of nitrogens with one attached hydrogen (secondary N) is 1. The van der Waals surface area contributed by atoms with Crippen molar-refractivity contribution in [2.24, 2.45) is 5.41 Å². The molecular formula is C15H26BrN3. The maximum absolute atomic E-state index is 4.56. The van der Waals surface area contributed by atoms with E-state index < -0.39 is 0 Å². The van der Waals surface area contributed by atoms with Crippen LogP contribution in [-0.4, -0.2) is 22.4 Å². The summed E-state index contributed by atoms with van der Waals surface area (Å²) in [4.78, 5) is 0. The van der Waals surface area contributed by atoms with Crippen LogP contribution < -0.4 is 5.32 Å². The minimum absolute atomic E-state index is 0.0339. The van der Waals surface area contributed by atoms with E-state index in [2.05, 4.69) is 71.4 Å². The van der Waals surface area contributed by atoms with Crippen LogP contribution in [0.5, 0.6) is 0 Å². The highest BCUT2D eigenvalue weighted by Gasteiger charge is 2.25. The van der Waals surface area contributed by atoms with Crippen LogP contribution in [-0.2, 0) is 13.0 Å². The summed E-state index contributed by atoms with van der Waals surface area (Å²) >= 11 is 3.67. The number of aryl methyl sites for hydroxylation is 2. The van der Waals surface area contributed by atoms with Gasteiger partial charge in [-0.05, 0) is 29.8 Å². The van der Waals surface area contributed by atoms with Crippen LogP contribution in [0.4, 0.5) is 0 Å². The van der Waals surface area contributed by atoms with Crippen molar-refractivity contribution in [3.05, 3.63) is 28.5 Å². The molecule has 0 fully saturated rings. The van der Waals surface area contributed by atoms with Gasteiger partial charge in [0.1, 0.15) is 0 Å². The molecule has 0 aromatic carbocycles. The van der Waals surface area contributed by atoms with E-state index in [1.165, 1.54) is 5.69 Å². The Morgan fingerprint density at radius 2 is 2.16 bits per heavy atom. The molecule has 108 valence electrons. The molecule has 1 aromatic rings. The fourth-order valence-corrected chi connectivity index (χ4v) is 2.49. The Morgan fingerprint density at radius 3 is 2.63 bits per heavy atom. The third kappa shape index (κ3) is 4.18. The van der Waals surface area contributed by atoms with Crippen LogP contribution in [0.3, 0.4) is 0 Å². The molecule has 0 radical (unpaired) electrons. The van der Waals surface area contributed by atoms with Gasteiger partial charge in [0.25, 0.3) is 0 Å². The van der Waals surface area contributed by atoms with Crippen LogP contribution in [0.25, 0.3) is 0 Å². The number of aromatic nitrogens is 2. The summed E-state index contributed by atoms with van der Waals surface area (Å²) < 4.78 is 3.21. The van der Waals surface area contributed by atoms with Crippen molar-refractivity contribution in [2.75, 3.05) is 6.54 Å². The third-order valence-electron chi connectivity index (χ3n) is 3.43. The molecule has 0 saturated carbocycles. The number of halogens is 1. The van der Waals surface area contributed by atoms with E-state index in [0.717, 1.165) is 29.7 Å². The number of nitrogens with zero attached hydrogens (tertiary/aromatic N) is 2. The monoisotopic (exact) mass is 327 g/mol. The number of rotatable bonds is 7. The zero-order valence-corrected chi connectivity index (χ0v) is 14.3. The Morgan fingerprint density at radius 1 is 1.53 bits per heavy atom. The Kier molecular flexibility index (Phi) is 5.81. The Hall–Kier alpha value is -0.610. The predicted molar refractivity (Wildman–Crippen MR) is 85.5 cm³/mol. The van der Waals surface area contributed by atoms with Crippen molar-refractivity contribution in [1.29, 1.82) is 0 Å². The molecule has 1 heterocycles. The average Bonchev–Trinajstić information content (AvgIpc) is 2.64. The summed E-state index contributed by atoms with van der Waals surface area (Å²) in [6, 6.07) is 0.487. The first-order valence-electron chi connectivity index (χ1n) is 6.91. The largest absolute Gasteiger partial charge is 0.314 e. The van der Waals surface area contributed by atoms with Gasteiger partial charge in [0.15, 0.2) is 0 Å². The summed E-state index contributed by atoms with van der Waals surface area (Å²) in [6.45, 7) is 16.6. The van der Waals surface area contributed by atoms with E-state index in [0.29, 0.717) is 6.04 Å². The first-order valence-corrected chi connectivity index (χ1v) is 7.71. The van der Waals surface area contributed by atoms with Gasteiger partial charge in [-0.2, -0.15) is 5.10 Å². The molecule has 1 N–H and O–H groups in total. The third-order valence-corrected chi connectivity index (χ3v) is 4.46. The smallest absolute Gasteiger partial charge is 0.0738 e. The molecule has 1 rings (SSSR count). The van der Waals surface area contributed by atoms with Gasteiger partial charge < -0.3 is 5.32 Å².